The molecular formula is C50H72HfN6-4. The molecule has 1 aromatic heterocycles. The monoisotopic (exact) mass is 937 g/mol. The zero-order chi connectivity index (χ0) is 42.1. The van der Waals surface area contributed by atoms with E-state index in [1.165, 1.54) is 33.4 Å². The minimum atomic E-state index is -0.298. The van der Waals surface area contributed by atoms with Crippen LogP contribution in [0.1, 0.15) is 144 Å². The molecule has 5 aromatic rings. The van der Waals surface area contributed by atoms with E-state index < -0.39 is 0 Å². The minimum absolute atomic E-state index is 0. The van der Waals surface area contributed by atoms with Crippen LogP contribution in [0.15, 0.2) is 91.0 Å². The Morgan fingerprint density at radius 2 is 0.877 bits per heavy atom. The molecule has 5 rings (SSSR count). The topological polar surface area (TPSA) is 74.2 Å². The summed E-state index contributed by atoms with van der Waals surface area (Å²) in [5, 5.41) is 16.4. The second-order valence-corrected chi connectivity index (χ2v) is 16.0. The van der Waals surface area contributed by atoms with Crippen molar-refractivity contribution in [3.63, 3.8) is 0 Å². The molecule has 310 valence electrons. The van der Waals surface area contributed by atoms with Crippen LogP contribution in [0.3, 0.4) is 0 Å². The van der Waals surface area contributed by atoms with Crippen LogP contribution in [0, 0.1) is 0 Å². The molecule has 6 nitrogen and oxygen atoms in total. The molecular weight excluding hydrogens is 863 g/mol. The summed E-state index contributed by atoms with van der Waals surface area (Å²) in [5.74, 6) is 2.74. The summed E-state index contributed by atoms with van der Waals surface area (Å²) in [4.78, 5) is 5.61. The van der Waals surface area contributed by atoms with E-state index in [0.29, 0.717) is 29.6 Å². The molecule has 57 heavy (non-hydrogen) atoms. The van der Waals surface area contributed by atoms with Crippen molar-refractivity contribution >= 4 is 5.69 Å². The normalized spacial score (nSPS) is 11.3. The summed E-state index contributed by atoms with van der Waals surface area (Å²) >= 11 is 0. The average Bonchev–Trinajstić information content (AvgIpc) is 3.51. The predicted octanol–water partition coefficient (Wildman–Crippen LogP) is 15.0. The van der Waals surface area contributed by atoms with E-state index >= 15 is 0 Å². The second-order valence-electron chi connectivity index (χ2n) is 16.0. The summed E-state index contributed by atoms with van der Waals surface area (Å²) in [6.07, 6.45) is 0. The van der Waals surface area contributed by atoms with Gasteiger partial charge in [0.2, 0.25) is 0 Å². The third-order valence-electron chi connectivity index (χ3n) is 9.52. The quantitative estimate of drug-likeness (QED) is 0.122. The first-order valence-electron chi connectivity index (χ1n) is 20.3. The molecule has 7 heteroatoms. The summed E-state index contributed by atoms with van der Waals surface area (Å²) in [7, 11) is 12.7. The number of nitrogens with zero attached hydrogens (tertiary/aromatic N) is 6. The molecule has 0 bridgehead atoms. The maximum atomic E-state index is 5.92. The number of benzene rings is 4. The predicted molar refractivity (Wildman–Crippen MR) is 248 cm³/mol. The van der Waals surface area contributed by atoms with Crippen LogP contribution in [0.5, 0.6) is 0 Å². The molecule has 1 heterocycles. The molecule has 1 atom stereocenters. The van der Waals surface area contributed by atoms with Gasteiger partial charge >= 0.3 is 0 Å². The van der Waals surface area contributed by atoms with Crippen LogP contribution in [0.4, 0.5) is 5.69 Å². The number of hydrogen-bond donors (Lipinski definition) is 0. The molecule has 0 aliphatic heterocycles. The molecule has 0 spiro atoms. The maximum Gasteiger partial charge on any atom is 0.0989 e. The van der Waals surface area contributed by atoms with Crippen LogP contribution >= 0.6 is 0 Å². The summed E-state index contributed by atoms with van der Waals surface area (Å²) in [6, 6.07) is 32.7. The van der Waals surface area contributed by atoms with Gasteiger partial charge < -0.3 is 25.8 Å². The number of imidazole rings is 1. The van der Waals surface area contributed by atoms with Gasteiger partial charge in [0, 0.05) is 44.0 Å². The molecule has 4 aromatic carbocycles. The Balaban J connectivity index is 0.00000149. The van der Waals surface area contributed by atoms with Crippen molar-refractivity contribution in [3.8, 4) is 22.5 Å². The molecule has 0 fully saturated rings. The van der Waals surface area contributed by atoms with E-state index in [9.17, 15) is 0 Å². The van der Waals surface area contributed by atoms with Gasteiger partial charge in [0.05, 0.1) is 17.2 Å². The third kappa shape index (κ3) is 13.9. The van der Waals surface area contributed by atoms with Gasteiger partial charge in [0.1, 0.15) is 0 Å². The standard InChI is InChI=1S/C44H54N3.3C2H6N.Hf/c1-27(2)34-25-37(30(7)8)39(38(26-34)31(9)10)42(45-41-35(28(3)4)23-18-24-36(41)29(5)6)44-46-40(32-19-14-12-15-20-32)43(47(44)11)33-21-16-13-17-22-33;3*1-3-2;/h12-31,42H,1-11H3;3*1-2H3;/q4*-1;. The Morgan fingerprint density at radius 3 is 1.25 bits per heavy atom. The Bertz CT molecular complexity index is 1800. The van der Waals surface area contributed by atoms with E-state index in [4.69, 9.17) is 10.3 Å². The summed E-state index contributed by atoms with van der Waals surface area (Å²) < 4.78 is 2.32. The van der Waals surface area contributed by atoms with Crippen molar-refractivity contribution < 1.29 is 25.8 Å². The van der Waals surface area contributed by atoms with Gasteiger partial charge in [0.25, 0.3) is 0 Å². The summed E-state index contributed by atoms with van der Waals surface area (Å²) in [6.45, 7) is 23.1. The fourth-order valence-corrected chi connectivity index (χ4v) is 6.85. The molecule has 1 unspecified atom stereocenters. The van der Waals surface area contributed by atoms with Crippen molar-refractivity contribution in [2.75, 3.05) is 42.3 Å². The molecule has 0 saturated heterocycles. The zero-order valence-corrected chi connectivity index (χ0v) is 41.9. The second kappa shape index (κ2) is 25.9. The van der Waals surface area contributed by atoms with Crippen LogP contribution in [0.2, 0.25) is 0 Å². The van der Waals surface area contributed by atoms with Crippen LogP contribution in [-0.2, 0) is 32.9 Å². The van der Waals surface area contributed by atoms with Crippen molar-refractivity contribution in [2.45, 2.75) is 105 Å². The minimum Gasteiger partial charge on any atom is -0.671 e. The largest absolute Gasteiger partial charge is 0.671 e. The fraction of sp³-hybridized carbons (Fsp3) is 0.460. The molecule has 0 aliphatic rings. The summed E-state index contributed by atoms with van der Waals surface area (Å²) in [5.41, 5.74) is 13.5. The zero-order valence-electron chi connectivity index (χ0n) is 38.3. The van der Waals surface area contributed by atoms with Gasteiger partial charge in [-0.2, -0.15) is 42.3 Å². The number of rotatable bonds is 11. The Labute approximate surface area is 367 Å². The van der Waals surface area contributed by atoms with E-state index in [0.717, 1.165) is 34.0 Å². The fourth-order valence-electron chi connectivity index (χ4n) is 6.85. The maximum absolute atomic E-state index is 5.92. The Hall–Kier alpha value is -3.36. The first-order valence-corrected chi connectivity index (χ1v) is 20.3. The first-order chi connectivity index (χ1) is 26.6. The number of hydrogen-bond acceptors (Lipinski definition) is 1. The SMILES string of the molecule is CC(C)c1cc(C(C)C)c(C([N-]c2c(C(C)C)cccc2C(C)C)c2nc(-c3ccccc3)c(-c3ccccc3)n2C)c(C(C)C)c1.C[N-]C.C[N-]C.C[N-]C.[Hf]. The van der Waals surface area contributed by atoms with Crippen LogP contribution in [-0.4, -0.2) is 51.8 Å². The molecule has 0 saturated carbocycles. The van der Waals surface area contributed by atoms with E-state index in [1.807, 2.05) is 0 Å². The smallest absolute Gasteiger partial charge is 0.0989 e. The van der Waals surface area contributed by atoms with Gasteiger partial charge in [0.15, 0.2) is 0 Å². The van der Waals surface area contributed by atoms with E-state index in [-0.39, 0.29) is 31.9 Å². The van der Waals surface area contributed by atoms with Crippen molar-refractivity contribution in [1.29, 1.82) is 0 Å². The number of para-hydroxylation sites is 1. The first kappa shape index (κ1) is 51.7. The van der Waals surface area contributed by atoms with Gasteiger partial charge in [-0.1, -0.05) is 171 Å². The average molecular weight is 936 g/mol. The van der Waals surface area contributed by atoms with E-state index in [2.05, 4.69) is 188 Å². The van der Waals surface area contributed by atoms with Gasteiger partial charge in [-0.25, -0.2) is 4.98 Å². The Kier molecular flexibility index (Phi) is 23.5. The van der Waals surface area contributed by atoms with Gasteiger partial charge in [-0.3, -0.25) is 0 Å². The molecule has 0 aliphatic carbocycles. The molecule has 0 amide bonds. The number of aromatic nitrogens is 2. The molecule has 0 radical (unpaired) electrons. The third-order valence-corrected chi connectivity index (χ3v) is 9.52. The Morgan fingerprint density at radius 1 is 0.491 bits per heavy atom. The van der Waals surface area contributed by atoms with Crippen LogP contribution < -0.4 is 0 Å². The van der Waals surface area contributed by atoms with E-state index in [1.54, 1.807) is 42.3 Å². The van der Waals surface area contributed by atoms with Gasteiger partial charge in [-0.05, 0) is 57.9 Å². The van der Waals surface area contributed by atoms with Crippen molar-refractivity contribution in [2.24, 2.45) is 7.05 Å². The van der Waals surface area contributed by atoms with Gasteiger partial charge in [-0.15, -0.1) is 5.69 Å². The molecule has 0 N–H and O–H groups in total. The van der Waals surface area contributed by atoms with Crippen LogP contribution in [0.25, 0.3) is 43.8 Å². The van der Waals surface area contributed by atoms with Crippen molar-refractivity contribution in [1.82, 2.24) is 9.55 Å². The van der Waals surface area contributed by atoms with Crippen molar-refractivity contribution in [3.05, 3.63) is 151 Å².